The van der Waals surface area contributed by atoms with Gasteiger partial charge in [-0.15, -0.1) is 0 Å². The van der Waals surface area contributed by atoms with E-state index in [2.05, 4.69) is 83.4 Å². The third-order valence-corrected chi connectivity index (χ3v) is 12.7. The summed E-state index contributed by atoms with van der Waals surface area (Å²) in [5.41, 5.74) is 14.3. The van der Waals surface area contributed by atoms with Gasteiger partial charge in [0, 0.05) is 44.2 Å². The van der Waals surface area contributed by atoms with Crippen molar-refractivity contribution < 1.29 is 0 Å². The number of hydrogen-bond donors (Lipinski definition) is 0. The third kappa shape index (κ3) is 8.14. The molecule has 12 rings (SSSR count). The molecule has 3 heterocycles. The first-order valence-corrected chi connectivity index (χ1v) is 23.2. The van der Waals surface area contributed by atoms with Crippen molar-refractivity contribution in [3.63, 3.8) is 0 Å². The summed E-state index contributed by atoms with van der Waals surface area (Å²) in [5.74, 6) is 2.15. The first-order valence-electron chi connectivity index (χ1n) is 23.2. The van der Waals surface area contributed by atoms with Crippen LogP contribution in [0.15, 0.2) is 231 Å². The molecular weight excluding hydrogens is 869 g/mol. The maximum absolute atomic E-state index is 9.90. The maximum Gasteiger partial charge on any atom is 0.166 e. The first kappa shape index (κ1) is 42.2. The summed E-state index contributed by atoms with van der Waals surface area (Å²) < 4.78 is 2.29. The minimum absolute atomic E-state index is 0.473. The number of hydrogen-bond acceptors (Lipinski definition) is 7. The topological polar surface area (TPSA) is 117 Å². The molecule has 0 atom stereocenters. The van der Waals surface area contributed by atoms with Crippen LogP contribution in [0, 0.1) is 22.7 Å². The van der Waals surface area contributed by atoms with E-state index in [1.807, 2.05) is 164 Å². The lowest BCUT2D eigenvalue weighted by molar-refractivity contribution is 1.06. The number of nitriles is 2. The van der Waals surface area contributed by atoms with E-state index in [1.54, 1.807) is 0 Å². The molecule has 0 saturated heterocycles. The van der Waals surface area contributed by atoms with Gasteiger partial charge < -0.3 is 4.57 Å². The zero-order chi connectivity index (χ0) is 47.7. The van der Waals surface area contributed by atoms with Crippen LogP contribution in [-0.2, 0) is 0 Å². The summed E-state index contributed by atoms with van der Waals surface area (Å²) in [5, 5.41) is 21.9. The van der Waals surface area contributed by atoms with Crippen LogP contribution in [0.2, 0.25) is 0 Å². The number of rotatable bonds is 9. The van der Waals surface area contributed by atoms with Crippen molar-refractivity contribution in [2.24, 2.45) is 0 Å². The molecule has 71 heavy (non-hydrogen) atoms. The van der Waals surface area contributed by atoms with Crippen LogP contribution in [0.1, 0.15) is 11.1 Å². The number of nitrogens with zero attached hydrogens (tertiary/aromatic N) is 8. The molecule has 0 bridgehead atoms. The zero-order valence-corrected chi connectivity index (χ0v) is 38.0. The molecule has 330 valence electrons. The van der Waals surface area contributed by atoms with Gasteiger partial charge in [-0.05, 0) is 76.9 Å². The van der Waals surface area contributed by atoms with Crippen LogP contribution in [0.5, 0.6) is 0 Å². The van der Waals surface area contributed by atoms with Crippen LogP contribution in [-0.4, -0.2) is 29.5 Å². The molecule has 8 nitrogen and oxygen atoms in total. The van der Waals surface area contributed by atoms with Gasteiger partial charge in [0.05, 0.1) is 51.4 Å². The van der Waals surface area contributed by atoms with Crippen molar-refractivity contribution in [1.29, 1.82) is 10.5 Å². The predicted molar refractivity (Wildman–Crippen MR) is 283 cm³/mol. The average molecular weight is 907 g/mol. The molecule has 9 aromatic carbocycles. The van der Waals surface area contributed by atoms with Crippen LogP contribution < -0.4 is 0 Å². The molecule has 0 amide bonds. The Bertz CT molecular complexity index is 3830. The van der Waals surface area contributed by atoms with Gasteiger partial charge in [0.2, 0.25) is 0 Å². The highest BCUT2D eigenvalue weighted by molar-refractivity contribution is 6.11. The SMILES string of the molecule is N#Cc1cccc(-c2ccc3c4ccc(-c5cccc(C#N)c5)cc4n(-c4ccc(-c5cc(-c6ccccc6)nc(-c6ccccc6)n5)cc4-c4nc(-c5ccccc5)nc(-c5ccccc5)n4)c3c2)c1. The summed E-state index contributed by atoms with van der Waals surface area (Å²) in [4.78, 5) is 26.1. The van der Waals surface area contributed by atoms with E-state index in [0.29, 0.717) is 34.4 Å². The van der Waals surface area contributed by atoms with Gasteiger partial charge in [-0.3, -0.25) is 0 Å². The second-order valence-electron chi connectivity index (χ2n) is 17.1. The third-order valence-electron chi connectivity index (χ3n) is 12.7. The molecule has 0 fully saturated rings. The van der Waals surface area contributed by atoms with Gasteiger partial charge in [-0.2, -0.15) is 10.5 Å². The molecule has 0 aliphatic heterocycles. The van der Waals surface area contributed by atoms with Crippen LogP contribution in [0.4, 0.5) is 0 Å². The fraction of sp³-hybridized carbons (Fsp3) is 0. The Kier molecular flexibility index (Phi) is 10.8. The molecular formula is C63H38N8. The molecule has 0 saturated carbocycles. The largest absolute Gasteiger partial charge is 0.308 e. The Morgan fingerprint density at radius 2 is 0.690 bits per heavy atom. The van der Waals surface area contributed by atoms with Gasteiger partial charge in [-0.25, -0.2) is 24.9 Å². The van der Waals surface area contributed by atoms with Crippen LogP contribution in [0.3, 0.4) is 0 Å². The molecule has 0 spiro atoms. The average Bonchev–Trinajstić information content (AvgIpc) is 3.78. The van der Waals surface area contributed by atoms with Crippen molar-refractivity contribution in [2.45, 2.75) is 0 Å². The molecule has 0 unspecified atom stereocenters. The monoisotopic (exact) mass is 906 g/mol. The number of benzene rings is 9. The fourth-order valence-electron chi connectivity index (χ4n) is 9.24. The van der Waals surface area contributed by atoms with Gasteiger partial charge in [0.15, 0.2) is 23.3 Å². The lowest BCUT2D eigenvalue weighted by Gasteiger charge is -2.17. The molecule has 0 aliphatic rings. The van der Waals surface area contributed by atoms with E-state index < -0.39 is 0 Å². The van der Waals surface area contributed by atoms with Crippen molar-refractivity contribution in [1.82, 2.24) is 29.5 Å². The van der Waals surface area contributed by atoms with E-state index in [0.717, 1.165) is 94.5 Å². The van der Waals surface area contributed by atoms with Crippen molar-refractivity contribution in [3.05, 3.63) is 242 Å². The van der Waals surface area contributed by atoms with E-state index in [1.165, 1.54) is 0 Å². The predicted octanol–water partition coefficient (Wildman–Crippen LogP) is 14.8. The molecule has 3 aromatic heterocycles. The van der Waals surface area contributed by atoms with E-state index in [-0.39, 0.29) is 0 Å². The zero-order valence-electron chi connectivity index (χ0n) is 38.0. The Morgan fingerprint density at radius 3 is 1.17 bits per heavy atom. The summed E-state index contributed by atoms with van der Waals surface area (Å²) in [7, 11) is 0. The minimum Gasteiger partial charge on any atom is -0.308 e. The number of fused-ring (bicyclic) bond motifs is 3. The first-order chi connectivity index (χ1) is 35.1. The van der Waals surface area contributed by atoms with Crippen LogP contribution in [0.25, 0.3) is 118 Å². The standard InChI is InChI=1S/C63H38N8/c64-39-41-15-13-25-47(33-41)49-27-30-52-53-31-28-50(48-26-14-16-42(34-48)40-65)37-59(53)71(58(52)36-49)57-32-29-51(56-38-55(43-17-5-1-6-18-43)66-60(67-56)44-19-7-2-8-20-44)35-54(57)63-69-61(45-21-9-3-10-22-45)68-62(70-63)46-23-11-4-12-24-46/h1-38H. The molecule has 0 radical (unpaired) electrons. The van der Waals surface area contributed by atoms with Crippen molar-refractivity contribution >= 4 is 21.8 Å². The maximum atomic E-state index is 9.90. The minimum atomic E-state index is 0.473. The quantitative estimate of drug-likeness (QED) is 0.142. The van der Waals surface area contributed by atoms with E-state index in [4.69, 9.17) is 24.9 Å². The Hall–Kier alpha value is -10.2. The summed E-state index contributed by atoms with van der Waals surface area (Å²) in [6, 6.07) is 81.6. The molecule has 0 N–H and O–H groups in total. The van der Waals surface area contributed by atoms with E-state index in [9.17, 15) is 10.5 Å². The van der Waals surface area contributed by atoms with E-state index >= 15 is 0 Å². The smallest absolute Gasteiger partial charge is 0.166 e. The fourth-order valence-corrected chi connectivity index (χ4v) is 9.24. The van der Waals surface area contributed by atoms with Gasteiger partial charge in [0.25, 0.3) is 0 Å². The summed E-state index contributed by atoms with van der Waals surface area (Å²) in [6.45, 7) is 0. The second-order valence-corrected chi connectivity index (χ2v) is 17.1. The summed E-state index contributed by atoms with van der Waals surface area (Å²) >= 11 is 0. The van der Waals surface area contributed by atoms with Gasteiger partial charge >= 0.3 is 0 Å². The highest BCUT2D eigenvalue weighted by Gasteiger charge is 2.23. The van der Waals surface area contributed by atoms with Crippen molar-refractivity contribution in [2.75, 3.05) is 0 Å². The Morgan fingerprint density at radius 1 is 0.296 bits per heavy atom. The van der Waals surface area contributed by atoms with Gasteiger partial charge in [0.1, 0.15) is 0 Å². The molecule has 12 aromatic rings. The second kappa shape index (κ2) is 18.2. The lowest BCUT2D eigenvalue weighted by Crippen LogP contribution is -2.04. The Balaban J connectivity index is 1.18. The normalized spacial score (nSPS) is 11.1. The van der Waals surface area contributed by atoms with Gasteiger partial charge in [-0.1, -0.05) is 176 Å². The molecule has 0 aliphatic carbocycles. The lowest BCUT2D eigenvalue weighted by atomic mass is 10.0. The Labute approximate surface area is 409 Å². The van der Waals surface area contributed by atoms with Crippen LogP contribution >= 0.6 is 0 Å². The highest BCUT2D eigenvalue weighted by atomic mass is 15.1. The summed E-state index contributed by atoms with van der Waals surface area (Å²) in [6.07, 6.45) is 0. The van der Waals surface area contributed by atoms with Crippen molar-refractivity contribution in [3.8, 4) is 108 Å². The molecule has 8 heteroatoms. The number of aromatic nitrogens is 6. The highest BCUT2D eigenvalue weighted by Crippen LogP contribution is 2.41.